The van der Waals surface area contributed by atoms with E-state index < -0.39 is 0 Å². The summed E-state index contributed by atoms with van der Waals surface area (Å²) in [5, 5.41) is 0. The average molecular weight is 163 g/mol. The number of nitrogens with zero attached hydrogens (tertiary/aromatic N) is 1. The first-order valence-corrected chi connectivity index (χ1v) is 5.63. The van der Waals surface area contributed by atoms with Crippen LogP contribution in [-0.2, 0) is 0 Å². The molecular formula is C6H13NS2. The average Bonchev–Trinajstić information content (AvgIpc) is 1.80. The van der Waals surface area contributed by atoms with Gasteiger partial charge in [0.15, 0.2) is 0 Å². The molecule has 0 aliphatic rings. The van der Waals surface area contributed by atoms with Crippen LogP contribution in [-0.4, -0.2) is 24.3 Å². The van der Waals surface area contributed by atoms with Gasteiger partial charge in [-0.15, -0.1) is 0 Å². The first kappa shape index (κ1) is 9.37. The molecule has 0 N–H and O–H groups in total. The number of aliphatic imine (C=N–C) groups is 1. The zero-order valence-corrected chi connectivity index (χ0v) is 7.81. The molecule has 0 heterocycles. The summed E-state index contributed by atoms with van der Waals surface area (Å²) >= 11 is 0. The molecule has 0 saturated heterocycles. The molecule has 0 rings (SSSR count). The maximum absolute atomic E-state index is 4.24. The molecule has 0 bridgehead atoms. The van der Waals surface area contributed by atoms with Crippen LogP contribution in [0.25, 0.3) is 0 Å². The van der Waals surface area contributed by atoms with Crippen LogP contribution in [0.5, 0.6) is 0 Å². The summed E-state index contributed by atoms with van der Waals surface area (Å²) in [7, 11) is 3.66. The van der Waals surface area contributed by atoms with E-state index in [1.165, 1.54) is 5.71 Å². The van der Waals surface area contributed by atoms with Gasteiger partial charge >= 0.3 is 0 Å². The van der Waals surface area contributed by atoms with E-state index in [0.29, 0.717) is 0 Å². The summed E-state index contributed by atoms with van der Waals surface area (Å²) in [5.41, 5.74) is 1.18. The zero-order chi connectivity index (χ0) is 7.11. The quantitative estimate of drug-likeness (QED) is 0.358. The fourth-order valence-electron chi connectivity index (χ4n) is 0.390. The number of hydrogen-bond donors (Lipinski definition) is 0. The lowest BCUT2D eigenvalue weighted by Gasteiger charge is -1.92. The maximum Gasteiger partial charge on any atom is 0.0487 e. The van der Waals surface area contributed by atoms with Crippen LogP contribution < -0.4 is 0 Å². The Morgan fingerprint density at radius 1 is 1.44 bits per heavy atom. The molecule has 3 heteroatoms. The maximum atomic E-state index is 4.24. The van der Waals surface area contributed by atoms with E-state index >= 15 is 0 Å². The molecule has 0 aromatic rings. The Morgan fingerprint density at radius 3 is 2.56 bits per heavy atom. The molecule has 0 aromatic carbocycles. The van der Waals surface area contributed by atoms with Gasteiger partial charge in [-0.1, -0.05) is 21.6 Å². The van der Waals surface area contributed by atoms with Crippen molar-refractivity contribution in [3.05, 3.63) is 0 Å². The van der Waals surface area contributed by atoms with Gasteiger partial charge in [-0.3, -0.25) is 4.99 Å². The Bertz CT molecular complexity index is 87.1. The van der Waals surface area contributed by atoms with Gasteiger partial charge < -0.3 is 0 Å². The topological polar surface area (TPSA) is 12.4 Å². The van der Waals surface area contributed by atoms with Crippen molar-refractivity contribution >= 4 is 27.3 Å². The summed E-state index contributed by atoms with van der Waals surface area (Å²) in [6.45, 7) is 5.03. The van der Waals surface area contributed by atoms with Crippen LogP contribution in [0.2, 0.25) is 0 Å². The van der Waals surface area contributed by atoms with Gasteiger partial charge in [-0.2, -0.15) is 0 Å². The van der Waals surface area contributed by atoms with Crippen molar-refractivity contribution in [1.82, 2.24) is 0 Å². The molecule has 0 aromatic heterocycles. The summed E-state index contributed by atoms with van der Waals surface area (Å²) in [5.74, 6) is 1.13. The lowest BCUT2D eigenvalue weighted by Crippen LogP contribution is -1.87. The molecule has 0 aliphatic carbocycles. The van der Waals surface area contributed by atoms with Crippen molar-refractivity contribution < 1.29 is 0 Å². The summed E-state index contributed by atoms with van der Waals surface area (Å²) < 4.78 is 0. The van der Waals surface area contributed by atoms with E-state index in [2.05, 4.69) is 11.2 Å². The third kappa shape index (κ3) is 8.37. The molecule has 0 saturated carbocycles. The van der Waals surface area contributed by atoms with Gasteiger partial charge in [-0.05, 0) is 20.1 Å². The highest BCUT2D eigenvalue weighted by atomic mass is 33.1. The van der Waals surface area contributed by atoms with Gasteiger partial charge in [0.25, 0.3) is 0 Å². The number of hydrogen-bond acceptors (Lipinski definition) is 3. The first-order chi connectivity index (χ1) is 4.27. The lowest BCUT2D eigenvalue weighted by molar-refractivity contribution is 1.14. The molecule has 1 nitrogen and oxygen atoms in total. The van der Waals surface area contributed by atoms with Crippen LogP contribution in [0, 0.1) is 0 Å². The minimum atomic E-state index is 0.966. The Labute approximate surface area is 65.1 Å². The van der Waals surface area contributed by atoms with Crippen molar-refractivity contribution in [2.24, 2.45) is 4.99 Å². The van der Waals surface area contributed by atoms with E-state index in [1.807, 2.05) is 24.6 Å². The van der Waals surface area contributed by atoms with Gasteiger partial charge in [0.2, 0.25) is 0 Å². The monoisotopic (exact) mass is 163 g/mol. The van der Waals surface area contributed by atoms with Gasteiger partial charge in [-0.25, -0.2) is 0 Å². The Morgan fingerprint density at radius 2 is 2.11 bits per heavy atom. The molecule has 0 fully saturated rings. The van der Waals surface area contributed by atoms with Crippen LogP contribution >= 0.6 is 21.6 Å². The molecule has 0 spiro atoms. The van der Waals surface area contributed by atoms with Crippen molar-refractivity contribution in [2.45, 2.75) is 13.8 Å². The second-order valence-corrected chi connectivity index (χ2v) is 4.50. The molecule has 54 valence electrons. The fraction of sp³-hybridized carbons (Fsp3) is 0.833. The predicted octanol–water partition coefficient (Wildman–Crippen LogP) is 2.48. The highest BCUT2D eigenvalue weighted by Crippen LogP contribution is 2.15. The normalized spacial score (nSPS) is 9.22. The van der Waals surface area contributed by atoms with Crippen LogP contribution in [0.15, 0.2) is 4.99 Å². The molecule has 9 heavy (non-hydrogen) atoms. The molecule has 0 amide bonds. The van der Waals surface area contributed by atoms with Crippen molar-refractivity contribution in [1.29, 1.82) is 0 Å². The Kier molecular flexibility index (Phi) is 6.76. The summed E-state index contributed by atoms with van der Waals surface area (Å²) in [6, 6.07) is 0. The van der Waals surface area contributed by atoms with Gasteiger partial charge in [0, 0.05) is 18.0 Å². The Hall–Kier alpha value is 0.370. The van der Waals surface area contributed by atoms with E-state index in [-0.39, 0.29) is 0 Å². The van der Waals surface area contributed by atoms with E-state index in [1.54, 1.807) is 10.8 Å². The summed E-state index contributed by atoms with van der Waals surface area (Å²) in [6.07, 6.45) is 2.09. The first-order valence-electron chi connectivity index (χ1n) is 2.90. The molecule has 0 radical (unpaired) electrons. The molecule has 0 unspecified atom stereocenters. The van der Waals surface area contributed by atoms with Crippen molar-refractivity contribution in [2.75, 3.05) is 18.6 Å². The predicted molar refractivity (Wildman–Crippen MR) is 49.6 cm³/mol. The Balaban J connectivity index is 3.00. The second-order valence-electron chi connectivity index (χ2n) is 1.82. The largest absolute Gasteiger partial charge is 0.294 e. The lowest BCUT2D eigenvalue weighted by atomic mass is 10.5. The SMILES string of the molecule is CSSCCN=C(C)C. The van der Waals surface area contributed by atoms with Gasteiger partial charge in [0.1, 0.15) is 0 Å². The van der Waals surface area contributed by atoms with Crippen LogP contribution in [0.3, 0.4) is 0 Å². The molecule has 0 atom stereocenters. The highest BCUT2D eigenvalue weighted by Gasteiger charge is 1.82. The molecule has 0 aliphatic heterocycles. The van der Waals surface area contributed by atoms with Crippen molar-refractivity contribution in [3.8, 4) is 0 Å². The fourth-order valence-corrected chi connectivity index (χ4v) is 1.45. The van der Waals surface area contributed by atoms with Crippen molar-refractivity contribution in [3.63, 3.8) is 0 Å². The van der Waals surface area contributed by atoms with Crippen LogP contribution in [0.4, 0.5) is 0 Å². The molecular weight excluding hydrogens is 150 g/mol. The van der Waals surface area contributed by atoms with E-state index in [4.69, 9.17) is 0 Å². The summed E-state index contributed by atoms with van der Waals surface area (Å²) in [4.78, 5) is 4.24. The van der Waals surface area contributed by atoms with Gasteiger partial charge in [0.05, 0.1) is 0 Å². The minimum absolute atomic E-state index is 0.966. The number of rotatable bonds is 4. The van der Waals surface area contributed by atoms with Crippen LogP contribution in [0.1, 0.15) is 13.8 Å². The smallest absolute Gasteiger partial charge is 0.0487 e. The standard InChI is InChI=1S/C6H13NS2/c1-6(2)7-4-5-9-8-3/h4-5H2,1-3H3. The zero-order valence-electron chi connectivity index (χ0n) is 6.18. The second kappa shape index (κ2) is 6.49. The minimum Gasteiger partial charge on any atom is -0.294 e. The third-order valence-electron chi connectivity index (χ3n) is 0.721. The van der Waals surface area contributed by atoms with E-state index in [9.17, 15) is 0 Å². The third-order valence-corrected chi connectivity index (χ3v) is 2.51. The van der Waals surface area contributed by atoms with E-state index in [0.717, 1.165) is 12.3 Å². The highest BCUT2D eigenvalue weighted by molar-refractivity contribution is 8.76.